The van der Waals surface area contributed by atoms with Crippen LogP contribution in [0.4, 0.5) is 0 Å². The molecule has 3 N–H and O–H groups in total. The molecule has 0 aliphatic carbocycles. The van der Waals surface area contributed by atoms with Crippen LogP contribution in [0, 0.1) is 32.1 Å². The summed E-state index contributed by atoms with van der Waals surface area (Å²) in [4.78, 5) is 0. The highest BCUT2D eigenvalue weighted by Crippen LogP contribution is 2.34. The lowest BCUT2D eigenvalue weighted by Gasteiger charge is -2.18. The quantitative estimate of drug-likeness (QED) is 0.475. The van der Waals surface area contributed by atoms with Crippen LogP contribution in [0.2, 0.25) is 0 Å². The second-order valence-electron chi connectivity index (χ2n) is 7.33. The van der Waals surface area contributed by atoms with Crippen LogP contribution in [-0.2, 0) is 0 Å². The first-order valence-electron chi connectivity index (χ1n) is 9.71. The van der Waals surface area contributed by atoms with E-state index < -0.39 is 6.23 Å². The Bertz CT molecular complexity index is 1300. The number of fused-ring (bicyclic) bond motifs is 1. The van der Waals surface area contributed by atoms with E-state index in [0.717, 1.165) is 38.9 Å². The Morgan fingerprint density at radius 2 is 1.94 bits per heavy atom. The minimum absolute atomic E-state index is 0.458. The molecule has 0 radical (unpaired) electrons. The maximum Gasteiger partial charge on any atom is 0.176 e. The van der Waals surface area contributed by atoms with Crippen LogP contribution < -0.4 is 15.2 Å². The van der Waals surface area contributed by atoms with Crippen molar-refractivity contribution >= 4 is 10.9 Å². The molecular weight excluding hydrogens is 392 g/mol. The van der Waals surface area contributed by atoms with Gasteiger partial charge in [-0.3, -0.25) is 10.8 Å². The Kier molecular flexibility index (Phi) is 5.28. The molecule has 0 amide bonds. The molecule has 2 heterocycles. The molecule has 2 aromatic heterocycles. The normalized spacial score (nSPS) is 11.9. The van der Waals surface area contributed by atoms with Crippen molar-refractivity contribution in [3.05, 3.63) is 64.5 Å². The van der Waals surface area contributed by atoms with Crippen molar-refractivity contribution in [2.24, 2.45) is 5.73 Å². The summed E-state index contributed by atoms with van der Waals surface area (Å²) in [6, 6.07) is 11.5. The summed E-state index contributed by atoms with van der Waals surface area (Å²) in [5.41, 5.74) is 12.5. The van der Waals surface area contributed by atoms with Crippen molar-refractivity contribution in [2.45, 2.75) is 27.0 Å². The Labute approximate surface area is 179 Å². The van der Waals surface area contributed by atoms with E-state index in [1.807, 2.05) is 45.0 Å². The highest BCUT2D eigenvalue weighted by Gasteiger charge is 2.17. The van der Waals surface area contributed by atoms with Crippen molar-refractivity contribution in [1.82, 2.24) is 20.4 Å². The molecule has 4 rings (SSSR count). The second-order valence-corrected chi connectivity index (χ2v) is 7.33. The molecule has 0 saturated carbocycles. The van der Waals surface area contributed by atoms with E-state index in [-0.39, 0.29) is 0 Å². The van der Waals surface area contributed by atoms with Crippen LogP contribution in [0.25, 0.3) is 22.2 Å². The van der Waals surface area contributed by atoms with Crippen molar-refractivity contribution < 1.29 is 9.47 Å². The molecule has 0 fully saturated rings. The van der Waals surface area contributed by atoms with Gasteiger partial charge in [0.2, 0.25) is 0 Å². The zero-order valence-corrected chi connectivity index (χ0v) is 17.7. The number of rotatable bonds is 5. The van der Waals surface area contributed by atoms with E-state index in [0.29, 0.717) is 22.8 Å². The molecule has 0 unspecified atom stereocenters. The van der Waals surface area contributed by atoms with Crippen LogP contribution in [0.15, 0.2) is 36.5 Å². The van der Waals surface area contributed by atoms with Crippen LogP contribution >= 0.6 is 0 Å². The largest absolute Gasteiger partial charge is 0.495 e. The first-order chi connectivity index (χ1) is 14.9. The highest BCUT2D eigenvalue weighted by molar-refractivity contribution is 5.94. The summed E-state index contributed by atoms with van der Waals surface area (Å²) in [5, 5.41) is 25.9. The SMILES string of the molecule is COc1c(C)cc(-c2n[nH]c3ccc(O[C@H](N)c4c(C)cnnc4C)cc23)cc1C#N. The van der Waals surface area contributed by atoms with Gasteiger partial charge in [-0.15, -0.1) is 0 Å². The molecule has 31 heavy (non-hydrogen) atoms. The fourth-order valence-electron chi connectivity index (χ4n) is 3.80. The lowest BCUT2D eigenvalue weighted by atomic mass is 10.0. The standard InChI is InChI=1S/C23H22N6O2/c1-12-7-15(8-16(10-24)22(12)30-4)21-18-9-17(5-6-19(18)28-29-21)31-23(25)20-13(2)11-26-27-14(20)3/h5-9,11,23H,25H2,1-4H3,(H,28,29)/t23-/m0/s1. The minimum Gasteiger partial charge on any atom is -0.495 e. The molecule has 0 aliphatic rings. The molecule has 0 bridgehead atoms. The molecule has 2 aromatic carbocycles. The van der Waals surface area contributed by atoms with Gasteiger partial charge >= 0.3 is 0 Å². The molecule has 1 atom stereocenters. The Morgan fingerprint density at radius 1 is 1.13 bits per heavy atom. The fraction of sp³-hybridized carbons (Fsp3) is 0.217. The number of ether oxygens (including phenoxy) is 2. The predicted molar refractivity (Wildman–Crippen MR) is 117 cm³/mol. The molecule has 0 spiro atoms. The average molecular weight is 414 g/mol. The summed E-state index contributed by atoms with van der Waals surface area (Å²) in [6.07, 6.45) is 0.985. The number of H-pyrrole nitrogens is 1. The first-order valence-corrected chi connectivity index (χ1v) is 9.71. The Morgan fingerprint density at radius 3 is 2.65 bits per heavy atom. The molecule has 0 aliphatic heterocycles. The van der Waals surface area contributed by atoms with Crippen LogP contribution in [0.3, 0.4) is 0 Å². The lowest BCUT2D eigenvalue weighted by Crippen LogP contribution is -2.20. The van der Waals surface area contributed by atoms with Gasteiger partial charge in [0.1, 0.15) is 23.3 Å². The maximum atomic E-state index is 9.50. The average Bonchev–Trinajstić information content (AvgIpc) is 3.16. The van der Waals surface area contributed by atoms with Gasteiger partial charge < -0.3 is 9.47 Å². The summed E-state index contributed by atoms with van der Waals surface area (Å²) in [6.45, 7) is 5.68. The van der Waals surface area contributed by atoms with Crippen molar-refractivity contribution in [3.8, 4) is 28.8 Å². The van der Waals surface area contributed by atoms with Crippen LogP contribution in [0.1, 0.15) is 34.2 Å². The zero-order chi connectivity index (χ0) is 22.1. The number of hydrogen-bond donors (Lipinski definition) is 2. The molecule has 4 aromatic rings. The zero-order valence-electron chi connectivity index (χ0n) is 17.7. The van der Waals surface area contributed by atoms with Gasteiger partial charge in [0.15, 0.2) is 6.23 Å². The number of methoxy groups -OCH3 is 1. The van der Waals surface area contributed by atoms with Crippen molar-refractivity contribution in [2.75, 3.05) is 7.11 Å². The van der Waals surface area contributed by atoms with Crippen molar-refractivity contribution in [3.63, 3.8) is 0 Å². The van der Waals surface area contributed by atoms with Crippen molar-refractivity contribution in [1.29, 1.82) is 5.26 Å². The van der Waals surface area contributed by atoms with E-state index in [9.17, 15) is 5.26 Å². The van der Waals surface area contributed by atoms with Gasteiger partial charge in [0.05, 0.1) is 30.1 Å². The molecule has 8 heteroatoms. The van der Waals surface area contributed by atoms with Gasteiger partial charge in [0, 0.05) is 16.5 Å². The van der Waals surface area contributed by atoms with Crippen LogP contribution in [0.5, 0.6) is 11.5 Å². The molecule has 156 valence electrons. The van der Waals surface area contributed by atoms with E-state index in [1.165, 1.54) is 0 Å². The van der Waals surface area contributed by atoms with Gasteiger partial charge in [-0.05, 0) is 62.2 Å². The first kappa shape index (κ1) is 20.3. The summed E-state index contributed by atoms with van der Waals surface area (Å²) in [7, 11) is 1.56. The number of aromatic nitrogens is 4. The number of benzene rings is 2. The molecule has 0 saturated heterocycles. The Hall–Kier alpha value is -3.96. The predicted octanol–water partition coefficient (Wildman–Crippen LogP) is 3.86. The number of aryl methyl sites for hydroxylation is 3. The number of aromatic amines is 1. The second kappa shape index (κ2) is 8.05. The Balaban J connectivity index is 1.74. The third-order valence-corrected chi connectivity index (χ3v) is 5.23. The van der Waals surface area contributed by atoms with Gasteiger partial charge in [-0.1, -0.05) is 0 Å². The van der Waals surface area contributed by atoms with E-state index in [2.05, 4.69) is 26.5 Å². The van der Waals surface area contributed by atoms with E-state index >= 15 is 0 Å². The number of nitrogens with two attached hydrogens (primary N) is 1. The number of nitriles is 1. The number of nitrogens with one attached hydrogen (secondary N) is 1. The molecular formula is C23H22N6O2. The summed E-state index contributed by atoms with van der Waals surface area (Å²) >= 11 is 0. The number of hydrogen-bond acceptors (Lipinski definition) is 7. The van der Waals surface area contributed by atoms with E-state index in [4.69, 9.17) is 15.2 Å². The van der Waals surface area contributed by atoms with Crippen LogP contribution in [-0.4, -0.2) is 27.5 Å². The third-order valence-electron chi connectivity index (χ3n) is 5.23. The lowest BCUT2D eigenvalue weighted by molar-refractivity contribution is 0.212. The molecule has 8 nitrogen and oxygen atoms in total. The number of nitrogens with zero attached hydrogens (tertiary/aromatic N) is 4. The smallest absolute Gasteiger partial charge is 0.176 e. The fourth-order valence-corrected chi connectivity index (χ4v) is 3.80. The monoisotopic (exact) mass is 414 g/mol. The topological polar surface area (TPSA) is 123 Å². The van der Waals surface area contributed by atoms with E-state index in [1.54, 1.807) is 19.4 Å². The minimum atomic E-state index is -0.684. The van der Waals surface area contributed by atoms with Gasteiger partial charge in [0.25, 0.3) is 0 Å². The van der Waals surface area contributed by atoms with Gasteiger partial charge in [-0.2, -0.15) is 20.6 Å². The summed E-state index contributed by atoms with van der Waals surface area (Å²) < 4.78 is 11.4. The maximum absolute atomic E-state index is 9.50. The third kappa shape index (κ3) is 3.67. The highest BCUT2D eigenvalue weighted by atomic mass is 16.5. The summed E-state index contributed by atoms with van der Waals surface area (Å²) in [5.74, 6) is 1.17. The van der Waals surface area contributed by atoms with Gasteiger partial charge in [-0.25, -0.2) is 0 Å².